The van der Waals surface area contributed by atoms with Crippen LogP contribution in [0, 0.1) is 0 Å². The van der Waals surface area contributed by atoms with Crippen molar-refractivity contribution < 1.29 is 33.9 Å². The molecule has 0 aliphatic carbocycles. The van der Waals surface area contributed by atoms with Gasteiger partial charge in [0.25, 0.3) is 0 Å². The quantitative estimate of drug-likeness (QED) is 0.172. The van der Waals surface area contributed by atoms with Crippen molar-refractivity contribution >= 4 is 35.5 Å². The summed E-state index contributed by atoms with van der Waals surface area (Å²) < 4.78 is 0. The standard InChI is InChI=1S/C14H24N6O7/c1-6(14(26)27)18-13(25)8(4-10(17)22)20-12(24)7(2-3-9(16)21)19-11(23)5-15/h6-8H,2-5,15H2,1H3,(H2,16,21)(H2,17,22)(H,18,25)(H,19,23)(H,20,24)(H,26,27). The van der Waals surface area contributed by atoms with Gasteiger partial charge in [-0.3, -0.25) is 28.8 Å². The van der Waals surface area contributed by atoms with Crippen molar-refractivity contribution in [1.29, 1.82) is 0 Å². The molecule has 0 saturated carbocycles. The number of carbonyl (C=O) groups excluding carboxylic acids is 5. The van der Waals surface area contributed by atoms with Gasteiger partial charge in [0.15, 0.2) is 0 Å². The molecule has 13 nitrogen and oxygen atoms in total. The average Bonchev–Trinajstić information content (AvgIpc) is 2.56. The van der Waals surface area contributed by atoms with Gasteiger partial charge in [0.05, 0.1) is 13.0 Å². The van der Waals surface area contributed by atoms with Crippen LogP contribution in [0.1, 0.15) is 26.2 Å². The largest absolute Gasteiger partial charge is 0.480 e. The Morgan fingerprint density at radius 2 is 1.44 bits per heavy atom. The Labute approximate surface area is 154 Å². The van der Waals surface area contributed by atoms with Crippen LogP contribution < -0.4 is 33.2 Å². The third-order valence-corrected chi connectivity index (χ3v) is 3.28. The minimum atomic E-state index is -1.48. The third kappa shape index (κ3) is 9.74. The fourth-order valence-electron chi connectivity index (χ4n) is 1.87. The third-order valence-electron chi connectivity index (χ3n) is 3.28. The van der Waals surface area contributed by atoms with E-state index in [-0.39, 0.29) is 12.8 Å². The van der Waals surface area contributed by atoms with Crippen molar-refractivity contribution in [3.05, 3.63) is 0 Å². The number of nitrogens with one attached hydrogen (secondary N) is 3. The highest BCUT2D eigenvalue weighted by Crippen LogP contribution is 2.01. The van der Waals surface area contributed by atoms with E-state index in [4.69, 9.17) is 22.3 Å². The second-order valence-corrected chi connectivity index (χ2v) is 5.63. The van der Waals surface area contributed by atoms with Gasteiger partial charge in [-0.05, 0) is 13.3 Å². The Balaban J connectivity index is 5.24. The van der Waals surface area contributed by atoms with Crippen molar-refractivity contribution in [2.24, 2.45) is 17.2 Å². The molecule has 10 N–H and O–H groups in total. The molecule has 0 aliphatic rings. The molecule has 152 valence electrons. The number of primary amides is 2. The van der Waals surface area contributed by atoms with E-state index in [1.807, 2.05) is 0 Å². The summed E-state index contributed by atoms with van der Waals surface area (Å²) in [6, 6.07) is -4.02. The van der Waals surface area contributed by atoms with Gasteiger partial charge in [-0.1, -0.05) is 0 Å². The number of amides is 5. The van der Waals surface area contributed by atoms with Crippen LogP contribution >= 0.6 is 0 Å². The topological polar surface area (TPSA) is 237 Å². The first-order chi connectivity index (χ1) is 12.5. The summed E-state index contributed by atoms with van der Waals surface area (Å²) in [4.78, 5) is 68.8. The molecule has 0 radical (unpaired) electrons. The summed E-state index contributed by atoms with van der Waals surface area (Å²) in [6.45, 7) is 0.752. The highest BCUT2D eigenvalue weighted by atomic mass is 16.4. The summed E-state index contributed by atoms with van der Waals surface area (Å²) in [7, 11) is 0. The molecule has 0 saturated heterocycles. The summed E-state index contributed by atoms with van der Waals surface area (Å²) in [5.41, 5.74) is 15.2. The molecule has 0 spiro atoms. The molecule has 5 amide bonds. The molecule has 0 heterocycles. The van der Waals surface area contributed by atoms with Crippen LogP contribution in [0.25, 0.3) is 0 Å². The van der Waals surface area contributed by atoms with E-state index >= 15 is 0 Å². The van der Waals surface area contributed by atoms with Crippen LogP contribution in [0.15, 0.2) is 0 Å². The Morgan fingerprint density at radius 1 is 0.889 bits per heavy atom. The van der Waals surface area contributed by atoms with E-state index in [0.717, 1.165) is 0 Å². The van der Waals surface area contributed by atoms with Crippen LogP contribution in [-0.2, 0) is 28.8 Å². The van der Waals surface area contributed by atoms with Crippen molar-refractivity contribution in [3.8, 4) is 0 Å². The van der Waals surface area contributed by atoms with Gasteiger partial charge in [-0.15, -0.1) is 0 Å². The van der Waals surface area contributed by atoms with Crippen molar-refractivity contribution in [1.82, 2.24) is 16.0 Å². The molecular weight excluding hydrogens is 364 g/mol. The number of nitrogens with two attached hydrogens (primary N) is 3. The maximum Gasteiger partial charge on any atom is 0.325 e. The molecule has 0 aromatic carbocycles. The van der Waals surface area contributed by atoms with Crippen molar-refractivity contribution in [3.63, 3.8) is 0 Å². The molecule has 0 aromatic rings. The van der Waals surface area contributed by atoms with E-state index in [0.29, 0.717) is 0 Å². The number of carboxylic acid groups (broad SMARTS) is 1. The summed E-state index contributed by atoms with van der Waals surface area (Å²) in [5.74, 6) is -5.55. The minimum Gasteiger partial charge on any atom is -0.480 e. The molecule has 0 rings (SSSR count). The van der Waals surface area contributed by atoms with Crippen LogP contribution in [0.2, 0.25) is 0 Å². The first kappa shape index (κ1) is 23.8. The smallest absolute Gasteiger partial charge is 0.325 e. The normalized spacial score (nSPS) is 13.6. The summed E-state index contributed by atoms with van der Waals surface area (Å²) in [5, 5.41) is 15.4. The van der Waals surface area contributed by atoms with Crippen molar-refractivity contribution in [2.45, 2.75) is 44.3 Å². The van der Waals surface area contributed by atoms with Gasteiger partial charge in [0.1, 0.15) is 18.1 Å². The number of aliphatic carboxylic acids is 1. The maximum atomic E-state index is 12.4. The SMILES string of the molecule is CC(NC(=O)C(CC(N)=O)NC(=O)C(CCC(N)=O)NC(=O)CN)C(=O)O. The van der Waals surface area contributed by atoms with Gasteiger partial charge in [-0.2, -0.15) is 0 Å². The van der Waals surface area contributed by atoms with E-state index in [9.17, 15) is 28.8 Å². The second kappa shape index (κ2) is 11.4. The summed E-state index contributed by atoms with van der Waals surface area (Å²) in [6.07, 6.45) is -1.04. The second-order valence-electron chi connectivity index (χ2n) is 5.63. The molecule has 0 aromatic heterocycles. The Kier molecular flexibility index (Phi) is 10.0. The fraction of sp³-hybridized carbons (Fsp3) is 0.571. The van der Waals surface area contributed by atoms with Crippen LogP contribution in [0.4, 0.5) is 0 Å². The molecule has 0 fully saturated rings. The number of carbonyl (C=O) groups is 6. The average molecular weight is 388 g/mol. The minimum absolute atomic E-state index is 0.177. The van der Waals surface area contributed by atoms with Crippen LogP contribution in [0.3, 0.4) is 0 Å². The number of rotatable bonds is 12. The first-order valence-electron chi connectivity index (χ1n) is 7.87. The lowest BCUT2D eigenvalue weighted by atomic mass is 10.1. The zero-order valence-electron chi connectivity index (χ0n) is 14.7. The lowest BCUT2D eigenvalue weighted by Crippen LogP contribution is -2.56. The van der Waals surface area contributed by atoms with E-state index in [1.165, 1.54) is 6.92 Å². The number of carboxylic acids is 1. The van der Waals surface area contributed by atoms with E-state index in [2.05, 4.69) is 16.0 Å². The maximum absolute atomic E-state index is 12.4. The predicted molar refractivity (Wildman–Crippen MR) is 90.4 cm³/mol. The van der Waals surface area contributed by atoms with E-state index < -0.39 is 66.6 Å². The Morgan fingerprint density at radius 3 is 1.89 bits per heavy atom. The van der Waals surface area contributed by atoms with Gasteiger partial charge in [0, 0.05) is 6.42 Å². The first-order valence-corrected chi connectivity index (χ1v) is 7.87. The Hall–Kier alpha value is -3.22. The lowest BCUT2D eigenvalue weighted by Gasteiger charge is -2.23. The predicted octanol–water partition coefficient (Wildman–Crippen LogP) is -4.36. The van der Waals surface area contributed by atoms with Gasteiger partial charge in [0.2, 0.25) is 29.5 Å². The monoisotopic (exact) mass is 388 g/mol. The molecule has 3 atom stereocenters. The van der Waals surface area contributed by atoms with Gasteiger partial charge in [-0.25, -0.2) is 0 Å². The van der Waals surface area contributed by atoms with Crippen LogP contribution in [0.5, 0.6) is 0 Å². The Bertz CT molecular complexity index is 609. The van der Waals surface area contributed by atoms with E-state index in [1.54, 1.807) is 0 Å². The number of hydrogen-bond donors (Lipinski definition) is 7. The molecule has 0 bridgehead atoms. The molecule has 0 aliphatic heterocycles. The zero-order valence-corrected chi connectivity index (χ0v) is 14.7. The van der Waals surface area contributed by atoms with Gasteiger partial charge < -0.3 is 38.3 Å². The van der Waals surface area contributed by atoms with Crippen LogP contribution in [-0.4, -0.2) is 65.3 Å². The van der Waals surface area contributed by atoms with Gasteiger partial charge >= 0.3 is 5.97 Å². The number of hydrogen-bond acceptors (Lipinski definition) is 7. The molecule has 3 unspecified atom stereocenters. The molecule has 27 heavy (non-hydrogen) atoms. The zero-order chi connectivity index (χ0) is 21.1. The fourth-order valence-corrected chi connectivity index (χ4v) is 1.87. The summed E-state index contributed by atoms with van der Waals surface area (Å²) >= 11 is 0. The molecule has 13 heteroatoms. The lowest BCUT2D eigenvalue weighted by molar-refractivity contribution is -0.142. The highest BCUT2D eigenvalue weighted by molar-refractivity contribution is 5.95. The molecular formula is C14H24N6O7. The van der Waals surface area contributed by atoms with Crippen molar-refractivity contribution in [2.75, 3.05) is 6.54 Å². The highest BCUT2D eigenvalue weighted by Gasteiger charge is 2.29.